The molecule has 0 saturated carbocycles. The van der Waals surface area contributed by atoms with Crippen LogP contribution in [0.25, 0.3) is 0 Å². The number of rotatable bonds is 4. The Bertz CT molecular complexity index is 791. The fourth-order valence-electron chi connectivity index (χ4n) is 2.75. The summed E-state index contributed by atoms with van der Waals surface area (Å²) < 4.78 is 6.98. The Balaban J connectivity index is 2.13. The number of carbonyl (C=O) groups excluding carboxylic acids is 1. The zero-order valence-electron chi connectivity index (χ0n) is 13.1. The molecule has 0 fully saturated rings. The van der Waals surface area contributed by atoms with Gasteiger partial charge in [-0.15, -0.1) is 0 Å². The molecule has 3 rings (SSSR count). The molecule has 1 aromatic carbocycles. The van der Waals surface area contributed by atoms with Crippen molar-refractivity contribution in [3.05, 3.63) is 65.6 Å². The highest BCUT2D eigenvalue weighted by Crippen LogP contribution is 2.36. The summed E-state index contributed by atoms with van der Waals surface area (Å²) in [6.07, 6.45) is 3.02. The van der Waals surface area contributed by atoms with Crippen LogP contribution in [0.4, 0.5) is 5.95 Å². The van der Waals surface area contributed by atoms with Crippen molar-refractivity contribution in [2.24, 2.45) is 0 Å². The van der Waals surface area contributed by atoms with Crippen LogP contribution in [-0.2, 0) is 9.53 Å². The van der Waals surface area contributed by atoms with E-state index in [1.165, 1.54) is 6.33 Å². The van der Waals surface area contributed by atoms with Crippen molar-refractivity contribution < 1.29 is 9.53 Å². The predicted octanol–water partition coefficient (Wildman–Crippen LogP) is 2.60. The normalized spacial score (nSPS) is 16.5. The molecule has 2 heterocycles. The van der Waals surface area contributed by atoms with E-state index in [-0.39, 0.29) is 18.6 Å². The lowest BCUT2D eigenvalue weighted by atomic mass is 9.93. The first kappa shape index (κ1) is 15.0. The molecule has 0 radical (unpaired) electrons. The highest BCUT2D eigenvalue weighted by Gasteiger charge is 2.34. The molecule has 0 aliphatic carbocycles. The van der Waals surface area contributed by atoms with Crippen LogP contribution >= 0.6 is 0 Å². The van der Waals surface area contributed by atoms with Gasteiger partial charge in [-0.2, -0.15) is 10.1 Å². The van der Waals surface area contributed by atoms with Crippen LogP contribution in [0.1, 0.15) is 24.1 Å². The molecule has 0 spiro atoms. The second kappa shape index (κ2) is 6.08. The second-order valence-corrected chi connectivity index (χ2v) is 5.34. The van der Waals surface area contributed by atoms with Crippen LogP contribution in [0.3, 0.4) is 0 Å². The maximum atomic E-state index is 12.6. The van der Waals surface area contributed by atoms with Crippen LogP contribution in [-0.4, -0.2) is 27.3 Å². The molecule has 0 saturated heterocycles. The monoisotopic (exact) mass is 310 g/mol. The molecule has 0 unspecified atom stereocenters. The van der Waals surface area contributed by atoms with Crippen molar-refractivity contribution in [2.75, 3.05) is 11.9 Å². The van der Waals surface area contributed by atoms with Crippen molar-refractivity contribution >= 4 is 11.9 Å². The van der Waals surface area contributed by atoms with Crippen LogP contribution in [0, 0.1) is 6.92 Å². The summed E-state index contributed by atoms with van der Waals surface area (Å²) >= 11 is 0. The lowest BCUT2D eigenvalue weighted by Crippen LogP contribution is -2.30. The quantitative estimate of drug-likeness (QED) is 0.694. The second-order valence-electron chi connectivity index (χ2n) is 5.34. The molecule has 6 nitrogen and oxygen atoms in total. The molecular weight excluding hydrogens is 292 g/mol. The molecule has 1 N–H and O–H groups in total. The van der Waals surface area contributed by atoms with Crippen molar-refractivity contribution in [3.63, 3.8) is 0 Å². The molecule has 1 atom stereocenters. The molecule has 1 aliphatic heterocycles. The zero-order chi connectivity index (χ0) is 16.4. The van der Waals surface area contributed by atoms with E-state index in [0.717, 1.165) is 11.1 Å². The van der Waals surface area contributed by atoms with Gasteiger partial charge in [0.2, 0.25) is 5.95 Å². The standard InChI is InChI=1S/C17H18N4O2/c1-4-9-23-16(22)14-12(3)20-17-18-10-19-21(17)15(14)13-8-6-5-7-11(13)2/h4-8,10,15H,1,9H2,2-3H3,(H,18,19,20)/t15-/m0/s1. The highest BCUT2D eigenvalue weighted by atomic mass is 16.5. The van der Waals surface area contributed by atoms with Gasteiger partial charge in [0, 0.05) is 5.70 Å². The minimum Gasteiger partial charge on any atom is -0.458 e. The van der Waals surface area contributed by atoms with Crippen molar-refractivity contribution in [1.82, 2.24) is 14.8 Å². The number of carbonyl (C=O) groups is 1. The lowest BCUT2D eigenvalue weighted by molar-refractivity contribution is -0.138. The fraction of sp³-hybridized carbons (Fsp3) is 0.235. The number of benzene rings is 1. The van der Waals surface area contributed by atoms with Gasteiger partial charge in [0.25, 0.3) is 0 Å². The molecule has 1 aromatic heterocycles. The van der Waals surface area contributed by atoms with Crippen LogP contribution < -0.4 is 5.32 Å². The van der Waals surface area contributed by atoms with Gasteiger partial charge in [-0.05, 0) is 25.0 Å². The summed E-state index contributed by atoms with van der Waals surface area (Å²) in [5, 5.41) is 7.39. The fourth-order valence-corrected chi connectivity index (χ4v) is 2.75. The van der Waals surface area contributed by atoms with Crippen LogP contribution in [0.5, 0.6) is 0 Å². The number of ether oxygens (including phenoxy) is 1. The molecule has 2 aromatic rings. The summed E-state index contributed by atoms with van der Waals surface area (Å²) in [4.78, 5) is 16.8. The molecular formula is C17H18N4O2. The lowest BCUT2D eigenvalue weighted by Gasteiger charge is -2.29. The number of aryl methyl sites for hydroxylation is 1. The van der Waals surface area contributed by atoms with Crippen LogP contribution in [0.2, 0.25) is 0 Å². The van der Waals surface area contributed by atoms with E-state index in [4.69, 9.17) is 4.74 Å². The Morgan fingerprint density at radius 3 is 2.96 bits per heavy atom. The maximum Gasteiger partial charge on any atom is 0.338 e. The van der Waals surface area contributed by atoms with E-state index in [2.05, 4.69) is 22.0 Å². The first-order valence-electron chi connectivity index (χ1n) is 7.34. The first-order valence-corrected chi connectivity index (χ1v) is 7.34. The van der Waals surface area contributed by atoms with Crippen LogP contribution in [0.15, 0.2) is 54.5 Å². The van der Waals surface area contributed by atoms with E-state index in [0.29, 0.717) is 17.2 Å². The van der Waals surface area contributed by atoms with Gasteiger partial charge in [0.05, 0.1) is 5.57 Å². The summed E-state index contributed by atoms with van der Waals surface area (Å²) in [5.74, 6) is 0.223. The van der Waals surface area contributed by atoms with Gasteiger partial charge in [-0.25, -0.2) is 9.48 Å². The van der Waals surface area contributed by atoms with E-state index < -0.39 is 0 Å². The number of nitrogens with zero attached hydrogens (tertiary/aromatic N) is 3. The number of nitrogens with one attached hydrogen (secondary N) is 1. The van der Waals surface area contributed by atoms with E-state index in [1.54, 1.807) is 10.8 Å². The Morgan fingerprint density at radius 2 is 2.22 bits per heavy atom. The third kappa shape index (κ3) is 2.63. The van der Waals surface area contributed by atoms with Gasteiger partial charge in [0.1, 0.15) is 19.0 Å². The third-order valence-corrected chi connectivity index (χ3v) is 3.83. The molecule has 6 heteroatoms. The molecule has 1 aliphatic rings. The zero-order valence-corrected chi connectivity index (χ0v) is 13.1. The first-order chi connectivity index (χ1) is 11.1. The minimum absolute atomic E-state index is 0.167. The predicted molar refractivity (Wildman–Crippen MR) is 86.8 cm³/mol. The Kier molecular flexibility index (Phi) is 3.97. The summed E-state index contributed by atoms with van der Waals surface area (Å²) in [6.45, 7) is 7.60. The molecule has 118 valence electrons. The smallest absolute Gasteiger partial charge is 0.338 e. The Morgan fingerprint density at radius 1 is 1.43 bits per heavy atom. The van der Waals surface area contributed by atoms with Crippen molar-refractivity contribution in [3.8, 4) is 0 Å². The minimum atomic E-state index is -0.385. The number of fused-ring (bicyclic) bond motifs is 1. The topological polar surface area (TPSA) is 69.0 Å². The van der Waals surface area contributed by atoms with Gasteiger partial charge >= 0.3 is 5.97 Å². The summed E-state index contributed by atoms with van der Waals surface area (Å²) in [6, 6.07) is 7.55. The highest BCUT2D eigenvalue weighted by molar-refractivity contribution is 5.92. The average Bonchev–Trinajstić information content (AvgIpc) is 3.00. The average molecular weight is 310 g/mol. The number of esters is 1. The third-order valence-electron chi connectivity index (χ3n) is 3.83. The van der Waals surface area contributed by atoms with Gasteiger partial charge in [-0.3, -0.25) is 0 Å². The summed E-state index contributed by atoms with van der Waals surface area (Å²) in [7, 11) is 0. The molecule has 0 bridgehead atoms. The Labute approximate surface area is 134 Å². The number of hydrogen-bond acceptors (Lipinski definition) is 5. The number of anilines is 1. The van der Waals surface area contributed by atoms with Gasteiger partial charge in [0.15, 0.2) is 0 Å². The van der Waals surface area contributed by atoms with E-state index >= 15 is 0 Å². The molecule has 0 amide bonds. The SMILES string of the molecule is C=CCOC(=O)C1=C(C)Nc2ncnn2[C@H]1c1ccccc1C. The van der Waals surface area contributed by atoms with Crippen molar-refractivity contribution in [2.45, 2.75) is 19.9 Å². The molecule has 23 heavy (non-hydrogen) atoms. The largest absolute Gasteiger partial charge is 0.458 e. The van der Waals surface area contributed by atoms with Gasteiger partial charge in [-0.1, -0.05) is 36.9 Å². The summed E-state index contributed by atoms with van der Waals surface area (Å²) in [5.41, 5.74) is 3.31. The van der Waals surface area contributed by atoms with Crippen molar-refractivity contribution in [1.29, 1.82) is 0 Å². The number of hydrogen-bond donors (Lipinski definition) is 1. The number of allylic oxidation sites excluding steroid dienone is 1. The van der Waals surface area contributed by atoms with Gasteiger partial charge < -0.3 is 10.1 Å². The maximum absolute atomic E-state index is 12.6. The number of aromatic nitrogens is 3. The Hall–Kier alpha value is -2.89. The van der Waals surface area contributed by atoms with E-state index in [1.807, 2.05) is 38.1 Å². The van der Waals surface area contributed by atoms with E-state index in [9.17, 15) is 4.79 Å².